The fourth-order valence-corrected chi connectivity index (χ4v) is 2.50. The summed E-state index contributed by atoms with van der Waals surface area (Å²) in [6.07, 6.45) is 8.87. The average Bonchev–Trinajstić information content (AvgIpc) is 2.87. The molecular formula is C16H20ClNO2. The van der Waals surface area contributed by atoms with Crippen LogP contribution in [-0.4, -0.2) is 22.0 Å². The van der Waals surface area contributed by atoms with Gasteiger partial charge in [0, 0.05) is 22.5 Å². The Labute approximate surface area is 124 Å². The number of H-pyrrole nitrogens is 1. The number of halogens is 1. The molecule has 0 fully saturated rings. The second-order valence-corrected chi connectivity index (χ2v) is 6.07. The smallest absolute Gasteiger partial charge is 0.174 e. The standard InChI is InChI=1S/C16H20ClNO2/c1-11(19)3-4-14-13(7-10-18-14)15(20)16(2)8-5-12(17)6-9-16/h5-8,10-11,18-19H,3-4,9H2,1-2H3. The highest BCUT2D eigenvalue weighted by Crippen LogP contribution is 2.34. The normalized spacial score (nSPS) is 23.5. The fraction of sp³-hybridized carbons (Fsp3) is 0.438. The molecule has 0 saturated carbocycles. The Hall–Kier alpha value is -1.32. The number of aliphatic hydroxyl groups excluding tert-OH is 1. The van der Waals surface area contributed by atoms with Crippen LogP contribution in [0.25, 0.3) is 0 Å². The first-order valence-corrected chi connectivity index (χ1v) is 7.24. The Morgan fingerprint density at radius 3 is 2.95 bits per heavy atom. The zero-order valence-electron chi connectivity index (χ0n) is 11.8. The lowest BCUT2D eigenvalue weighted by Crippen LogP contribution is -2.27. The first-order chi connectivity index (χ1) is 9.42. The van der Waals surface area contributed by atoms with Gasteiger partial charge in [-0.1, -0.05) is 23.8 Å². The second kappa shape index (κ2) is 5.98. The van der Waals surface area contributed by atoms with Crippen molar-refractivity contribution in [3.63, 3.8) is 0 Å². The highest BCUT2D eigenvalue weighted by Gasteiger charge is 2.33. The van der Waals surface area contributed by atoms with E-state index in [1.807, 2.05) is 25.1 Å². The number of nitrogens with one attached hydrogen (secondary N) is 1. The van der Waals surface area contributed by atoms with E-state index in [-0.39, 0.29) is 11.9 Å². The summed E-state index contributed by atoms with van der Waals surface area (Å²) in [6.45, 7) is 3.68. The minimum atomic E-state index is -0.542. The molecule has 0 aliphatic heterocycles. The number of carbonyl (C=O) groups excluding carboxylic acids is 1. The van der Waals surface area contributed by atoms with Gasteiger partial charge in [0.05, 0.1) is 11.5 Å². The van der Waals surface area contributed by atoms with E-state index < -0.39 is 5.41 Å². The summed E-state index contributed by atoms with van der Waals surface area (Å²) in [4.78, 5) is 15.9. The number of aromatic nitrogens is 1. The summed E-state index contributed by atoms with van der Waals surface area (Å²) in [6, 6.07) is 1.82. The van der Waals surface area contributed by atoms with E-state index in [4.69, 9.17) is 11.6 Å². The molecule has 4 heteroatoms. The summed E-state index contributed by atoms with van der Waals surface area (Å²) in [5.74, 6) is 0.0935. The number of allylic oxidation sites excluding steroid dienone is 4. The maximum atomic E-state index is 12.7. The van der Waals surface area contributed by atoms with Crippen molar-refractivity contribution in [1.29, 1.82) is 0 Å². The Bertz CT molecular complexity index is 557. The quantitative estimate of drug-likeness (QED) is 0.815. The molecule has 0 amide bonds. The molecule has 1 aliphatic carbocycles. The number of Topliss-reactive ketones (excluding diaryl/α,β-unsaturated/α-hetero) is 1. The van der Waals surface area contributed by atoms with Crippen LogP contribution in [0.3, 0.4) is 0 Å². The van der Waals surface area contributed by atoms with Crippen LogP contribution in [0.15, 0.2) is 35.5 Å². The van der Waals surface area contributed by atoms with E-state index in [9.17, 15) is 9.90 Å². The van der Waals surface area contributed by atoms with Crippen LogP contribution >= 0.6 is 11.6 Å². The number of carbonyl (C=O) groups is 1. The SMILES string of the molecule is CC(O)CCc1[nH]ccc1C(=O)C1(C)C=CC(Cl)=CC1. The summed E-state index contributed by atoms with van der Waals surface area (Å²) < 4.78 is 0. The monoisotopic (exact) mass is 293 g/mol. The van der Waals surface area contributed by atoms with Crippen LogP contribution in [0.2, 0.25) is 0 Å². The largest absolute Gasteiger partial charge is 0.393 e. The van der Waals surface area contributed by atoms with Crippen molar-refractivity contribution in [2.75, 3.05) is 0 Å². The van der Waals surface area contributed by atoms with Gasteiger partial charge in [-0.3, -0.25) is 4.79 Å². The van der Waals surface area contributed by atoms with Gasteiger partial charge in [0.15, 0.2) is 5.78 Å². The van der Waals surface area contributed by atoms with E-state index in [0.29, 0.717) is 29.9 Å². The summed E-state index contributed by atoms with van der Waals surface area (Å²) in [5.41, 5.74) is 1.07. The molecule has 1 aliphatic rings. The van der Waals surface area contributed by atoms with Gasteiger partial charge in [-0.2, -0.15) is 0 Å². The Morgan fingerprint density at radius 2 is 2.35 bits per heavy atom. The van der Waals surface area contributed by atoms with Crippen LogP contribution in [0.4, 0.5) is 0 Å². The molecule has 2 unspecified atom stereocenters. The number of aryl methyl sites for hydroxylation is 1. The average molecular weight is 294 g/mol. The van der Waals surface area contributed by atoms with E-state index in [2.05, 4.69) is 4.98 Å². The first-order valence-electron chi connectivity index (χ1n) is 6.86. The van der Waals surface area contributed by atoms with Crippen molar-refractivity contribution < 1.29 is 9.90 Å². The third-order valence-corrected chi connectivity index (χ3v) is 4.02. The number of aliphatic hydroxyl groups is 1. The van der Waals surface area contributed by atoms with Gasteiger partial charge in [-0.25, -0.2) is 0 Å². The number of hydrogen-bond donors (Lipinski definition) is 2. The topological polar surface area (TPSA) is 53.1 Å². The Kier molecular flexibility index (Phi) is 4.51. The van der Waals surface area contributed by atoms with Gasteiger partial charge < -0.3 is 10.1 Å². The fourth-order valence-electron chi connectivity index (χ4n) is 2.36. The maximum absolute atomic E-state index is 12.7. The van der Waals surface area contributed by atoms with Crippen LogP contribution < -0.4 is 0 Å². The molecule has 108 valence electrons. The minimum absolute atomic E-state index is 0.0935. The number of rotatable bonds is 5. The van der Waals surface area contributed by atoms with Crippen molar-refractivity contribution in [1.82, 2.24) is 4.98 Å². The summed E-state index contributed by atoms with van der Waals surface area (Å²) in [5, 5.41) is 10.1. The summed E-state index contributed by atoms with van der Waals surface area (Å²) in [7, 11) is 0. The lowest BCUT2D eigenvalue weighted by molar-refractivity contribution is 0.0869. The van der Waals surface area contributed by atoms with E-state index in [1.165, 1.54) is 0 Å². The van der Waals surface area contributed by atoms with Crippen LogP contribution in [0, 0.1) is 5.41 Å². The molecule has 0 saturated heterocycles. The van der Waals surface area contributed by atoms with E-state index in [1.54, 1.807) is 19.2 Å². The van der Waals surface area contributed by atoms with Gasteiger partial charge in [-0.15, -0.1) is 0 Å². The Balaban J connectivity index is 2.18. The van der Waals surface area contributed by atoms with Gasteiger partial charge in [0.2, 0.25) is 0 Å². The highest BCUT2D eigenvalue weighted by atomic mass is 35.5. The predicted molar refractivity (Wildman–Crippen MR) is 80.9 cm³/mol. The molecule has 0 spiro atoms. The van der Waals surface area contributed by atoms with Crippen molar-refractivity contribution in [2.24, 2.45) is 5.41 Å². The van der Waals surface area contributed by atoms with Crippen molar-refractivity contribution in [3.8, 4) is 0 Å². The molecule has 1 aromatic heterocycles. The molecule has 2 rings (SSSR count). The predicted octanol–water partition coefficient (Wildman–Crippen LogP) is 3.60. The lowest BCUT2D eigenvalue weighted by atomic mass is 9.77. The van der Waals surface area contributed by atoms with E-state index >= 15 is 0 Å². The lowest BCUT2D eigenvalue weighted by Gasteiger charge is -2.25. The molecule has 1 aromatic rings. The molecule has 2 N–H and O–H groups in total. The van der Waals surface area contributed by atoms with Crippen LogP contribution in [0.5, 0.6) is 0 Å². The van der Waals surface area contributed by atoms with Crippen LogP contribution in [-0.2, 0) is 6.42 Å². The van der Waals surface area contributed by atoms with Crippen molar-refractivity contribution >= 4 is 17.4 Å². The first kappa shape index (κ1) is 15.1. The molecule has 0 aromatic carbocycles. The van der Waals surface area contributed by atoms with Crippen molar-refractivity contribution in [2.45, 2.75) is 39.2 Å². The second-order valence-electron chi connectivity index (χ2n) is 5.63. The number of ketones is 1. The van der Waals surface area contributed by atoms with Gasteiger partial charge in [-0.05, 0) is 45.3 Å². The molecule has 0 radical (unpaired) electrons. The third kappa shape index (κ3) is 3.22. The number of aromatic amines is 1. The molecule has 3 nitrogen and oxygen atoms in total. The molecular weight excluding hydrogens is 274 g/mol. The highest BCUT2D eigenvalue weighted by molar-refractivity contribution is 6.31. The van der Waals surface area contributed by atoms with Gasteiger partial charge in [0.25, 0.3) is 0 Å². The number of hydrogen-bond acceptors (Lipinski definition) is 2. The molecule has 20 heavy (non-hydrogen) atoms. The van der Waals surface area contributed by atoms with Crippen molar-refractivity contribution in [3.05, 3.63) is 46.8 Å². The zero-order valence-corrected chi connectivity index (χ0v) is 12.6. The summed E-state index contributed by atoms with van der Waals surface area (Å²) >= 11 is 5.92. The maximum Gasteiger partial charge on any atom is 0.174 e. The molecule has 0 bridgehead atoms. The van der Waals surface area contributed by atoms with Gasteiger partial charge in [0.1, 0.15) is 0 Å². The van der Waals surface area contributed by atoms with E-state index in [0.717, 1.165) is 5.69 Å². The third-order valence-electron chi connectivity index (χ3n) is 3.74. The van der Waals surface area contributed by atoms with Crippen LogP contribution in [0.1, 0.15) is 42.7 Å². The zero-order chi connectivity index (χ0) is 14.8. The molecule has 2 atom stereocenters. The van der Waals surface area contributed by atoms with Gasteiger partial charge >= 0.3 is 0 Å². The Morgan fingerprint density at radius 1 is 1.60 bits per heavy atom. The minimum Gasteiger partial charge on any atom is -0.393 e. The molecule has 1 heterocycles.